The number of methoxy groups -OCH3 is 1. The van der Waals surface area contributed by atoms with Crippen molar-refractivity contribution in [2.45, 2.75) is 73.0 Å². The molecular formula is C26H36N2O5. The molecule has 0 aromatic heterocycles. The van der Waals surface area contributed by atoms with Crippen LogP contribution in [0.3, 0.4) is 0 Å². The maximum Gasteiger partial charge on any atom is 0.329 e. The Bertz CT molecular complexity index is 985. The molecule has 1 aromatic rings. The molecule has 1 aliphatic heterocycles. The Kier molecular flexibility index (Phi) is 8.22. The summed E-state index contributed by atoms with van der Waals surface area (Å²) >= 11 is 0. The number of carbonyl (C=O) groups is 3. The van der Waals surface area contributed by atoms with Crippen LogP contribution < -0.4 is 5.32 Å². The zero-order valence-electron chi connectivity index (χ0n) is 21.1. The van der Waals surface area contributed by atoms with Crippen molar-refractivity contribution < 1.29 is 23.9 Å². The number of aryl methyl sites for hydroxylation is 1. The number of ether oxygens (including phenoxy) is 2. The second kappa shape index (κ2) is 10.3. The van der Waals surface area contributed by atoms with Crippen molar-refractivity contribution in [1.82, 2.24) is 5.32 Å². The van der Waals surface area contributed by atoms with Crippen molar-refractivity contribution in [1.29, 1.82) is 0 Å². The predicted octanol–water partition coefficient (Wildman–Crippen LogP) is 4.10. The van der Waals surface area contributed by atoms with Gasteiger partial charge in [0.15, 0.2) is 0 Å². The first-order valence-electron chi connectivity index (χ1n) is 11.2. The van der Waals surface area contributed by atoms with Crippen molar-refractivity contribution in [3.05, 3.63) is 46.7 Å². The Balaban J connectivity index is 2.54. The maximum atomic E-state index is 13.6. The maximum absolute atomic E-state index is 13.6. The van der Waals surface area contributed by atoms with Gasteiger partial charge in [0.25, 0.3) is 0 Å². The highest BCUT2D eigenvalue weighted by Crippen LogP contribution is 2.40. The summed E-state index contributed by atoms with van der Waals surface area (Å²) in [5.74, 6) is -2.97. The van der Waals surface area contributed by atoms with Gasteiger partial charge in [-0.1, -0.05) is 43.7 Å². The van der Waals surface area contributed by atoms with Crippen LogP contribution in [0.15, 0.2) is 40.5 Å². The van der Waals surface area contributed by atoms with Gasteiger partial charge in [-0.25, -0.2) is 4.79 Å². The van der Waals surface area contributed by atoms with Crippen LogP contribution in [-0.4, -0.2) is 42.3 Å². The summed E-state index contributed by atoms with van der Waals surface area (Å²) in [6.45, 7) is 14.5. The first-order chi connectivity index (χ1) is 15.3. The molecule has 3 atom stereocenters. The van der Waals surface area contributed by atoms with E-state index < -0.39 is 41.3 Å². The van der Waals surface area contributed by atoms with Crippen LogP contribution in [0.1, 0.15) is 65.5 Å². The van der Waals surface area contributed by atoms with Crippen molar-refractivity contribution >= 4 is 23.6 Å². The number of nitrogens with zero attached hydrogens (tertiary/aromatic N) is 1. The van der Waals surface area contributed by atoms with E-state index in [0.29, 0.717) is 17.0 Å². The molecule has 180 valence electrons. The lowest BCUT2D eigenvalue weighted by molar-refractivity contribution is -0.159. The van der Waals surface area contributed by atoms with Gasteiger partial charge in [-0.3, -0.25) is 14.6 Å². The molecule has 0 saturated carbocycles. The summed E-state index contributed by atoms with van der Waals surface area (Å²) < 4.78 is 10.6. The van der Waals surface area contributed by atoms with E-state index in [1.807, 2.05) is 45.0 Å². The predicted molar refractivity (Wildman–Crippen MR) is 128 cm³/mol. The van der Waals surface area contributed by atoms with Gasteiger partial charge in [0.2, 0.25) is 5.91 Å². The zero-order valence-corrected chi connectivity index (χ0v) is 21.1. The van der Waals surface area contributed by atoms with Gasteiger partial charge in [0.1, 0.15) is 17.6 Å². The van der Waals surface area contributed by atoms with Gasteiger partial charge < -0.3 is 14.8 Å². The fraction of sp³-hybridized carbons (Fsp3) is 0.538. The molecular weight excluding hydrogens is 420 g/mol. The van der Waals surface area contributed by atoms with E-state index in [4.69, 9.17) is 9.47 Å². The number of rotatable bonds is 6. The number of allylic oxidation sites excluding steroid dienone is 1. The third-order valence-electron chi connectivity index (χ3n) is 5.54. The molecule has 1 amide bonds. The lowest BCUT2D eigenvalue weighted by Crippen LogP contribution is -2.49. The number of hydrogen-bond acceptors (Lipinski definition) is 6. The third-order valence-corrected chi connectivity index (χ3v) is 5.54. The molecule has 0 bridgehead atoms. The number of nitrogens with one attached hydrogen (secondary N) is 1. The van der Waals surface area contributed by atoms with E-state index in [-0.39, 0.29) is 5.92 Å². The molecule has 0 spiro atoms. The Hall–Kier alpha value is -2.96. The molecule has 33 heavy (non-hydrogen) atoms. The highest BCUT2D eigenvalue weighted by atomic mass is 16.6. The molecule has 0 radical (unpaired) electrons. The molecule has 1 N–H and O–H groups in total. The number of carbonyl (C=O) groups excluding carboxylic acids is 3. The highest BCUT2D eigenvalue weighted by molar-refractivity contribution is 6.08. The Labute approximate surface area is 196 Å². The quantitative estimate of drug-likeness (QED) is 0.651. The minimum absolute atomic E-state index is 0.202. The fourth-order valence-corrected chi connectivity index (χ4v) is 4.07. The standard InChI is InChI=1S/C26H36N2O5/c1-14(2)22(25(31)33-26(6,7)8)28-23(29)19-16(4)27-17(5)20(24(30)32-9)21(19)18-12-10-11-15(3)13-18/h10-14,20-22H,1-9H3,(H,28,29)/t20?,21?,22-/m0/s1. The summed E-state index contributed by atoms with van der Waals surface area (Å²) in [6, 6.07) is 6.84. The molecule has 7 nitrogen and oxygen atoms in total. The van der Waals surface area contributed by atoms with Crippen LogP contribution in [-0.2, 0) is 23.9 Å². The van der Waals surface area contributed by atoms with E-state index in [2.05, 4.69) is 10.3 Å². The highest BCUT2D eigenvalue weighted by Gasteiger charge is 2.42. The molecule has 7 heteroatoms. The largest absolute Gasteiger partial charge is 0.468 e. The Morgan fingerprint density at radius 1 is 1.09 bits per heavy atom. The first kappa shape index (κ1) is 26.3. The zero-order chi connectivity index (χ0) is 25.1. The molecule has 0 aliphatic carbocycles. The third kappa shape index (κ3) is 6.30. The van der Waals surface area contributed by atoms with Gasteiger partial charge >= 0.3 is 11.9 Å². The van der Waals surface area contributed by atoms with E-state index in [9.17, 15) is 14.4 Å². The number of benzene rings is 1. The van der Waals surface area contributed by atoms with Crippen LogP contribution in [0.25, 0.3) is 0 Å². The van der Waals surface area contributed by atoms with Crippen molar-refractivity contribution in [2.75, 3.05) is 7.11 Å². The van der Waals surface area contributed by atoms with Crippen LogP contribution >= 0.6 is 0 Å². The summed E-state index contributed by atoms with van der Waals surface area (Å²) in [4.78, 5) is 43.7. The molecule has 0 fully saturated rings. The van der Waals surface area contributed by atoms with Gasteiger partial charge in [0.05, 0.1) is 7.11 Å². The minimum atomic E-state index is -0.848. The van der Waals surface area contributed by atoms with Crippen LogP contribution in [0.5, 0.6) is 0 Å². The first-order valence-corrected chi connectivity index (χ1v) is 11.2. The monoisotopic (exact) mass is 456 g/mol. The lowest BCUT2D eigenvalue weighted by Gasteiger charge is -2.33. The van der Waals surface area contributed by atoms with E-state index >= 15 is 0 Å². The summed E-state index contributed by atoms with van der Waals surface area (Å²) in [5.41, 5.74) is 2.55. The van der Waals surface area contributed by atoms with Gasteiger partial charge in [0, 0.05) is 22.9 Å². The minimum Gasteiger partial charge on any atom is -0.468 e. The average molecular weight is 457 g/mol. The fourth-order valence-electron chi connectivity index (χ4n) is 4.07. The summed E-state index contributed by atoms with van der Waals surface area (Å²) in [5, 5.41) is 2.85. The second-order valence-electron chi connectivity index (χ2n) is 9.87. The molecule has 1 aliphatic rings. The number of esters is 2. The molecule has 2 unspecified atom stereocenters. The van der Waals surface area contributed by atoms with Crippen LogP contribution in [0.2, 0.25) is 0 Å². The van der Waals surface area contributed by atoms with Crippen LogP contribution in [0, 0.1) is 18.8 Å². The van der Waals surface area contributed by atoms with E-state index in [1.165, 1.54) is 7.11 Å². The number of hydrogen-bond donors (Lipinski definition) is 1. The van der Waals surface area contributed by atoms with Crippen LogP contribution in [0.4, 0.5) is 0 Å². The normalized spacial score (nSPS) is 19.6. The van der Waals surface area contributed by atoms with Gasteiger partial charge in [-0.2, -0.15) is 0 Å². The number of amides is 1. The molecule has 0 saturated heterocycles. The molecule has 2 rings (SSSR count). The second-order valence-corrected chi connectivity index (χ2v) is 9.87. The van der Waals surface area contributed by atoms with Gasteiger partial charge in [-0.05, 0) is 53.0 Å². The lowest BCUT2D eigenvalue weighted by atomic mass is 9.75. The molecule has 1 heterocycles. The smallest absolute Gasteiger partial charge is 0.329 e. The molecule has 1 aromatic carbocycles. The van der Waals surface area contributed by atoms with E-state index in [0.717, 1.165) is 11.1 Å². The average Bonchev–Trinajstić information content (AvgIpc) is 2.69. The van der Waals surface area contributed by atoms with Gasteiger partial charge in [-0.15, -0.1) is 0 Å². The topological polar surface area (TPSA) is 94.1 Å². The van der Waals surface area contributed by atoms with Crippen molar-refractivity contribution in [2.24, 2.45) is 16.8 Å². The summed E-state index contributed by atoms with van der Waals surface area (Å²) in [7, 11) is 1.32. The number of aliphatic imine (C=N–C) groups is 1. The van der Waals surface area contributed by atoms with Crippen molar-refractivity contribution in [3.8, 4) is 0 Å². The van der Waals surface area contributed by atoms with E-state index in [1.54, 1.807) is 34.6 Å². The SMILES string of the molecule is COC(=O)C1C(C)=NC(C)=C(C(=O)N[C@H](C(=O)OC(C)(C)C)C(C)C)C1c1cccc(C)c1. The summed E-state index contributed by atoms with van der Waals surface area (Å²) in [6.07, 6.45) is 0. The van der Waals surface area contributed by atoms with Crippen molar-refractivity contribution in [3.63, 3.8) is 0 Å². The Morgan fingerprint density at radius 2 is 1.73 bits per heavy atom. The Morgan fingerprint density at radius 3 is 2.24 bits per heavy atom.